The van der Waals surface area contributed by atoms with Crippen molar-refractivity contribution in [1.82, 2.24) is 0 Å². The van der Waals surface area contributed by atoms with Gasteiger partial charge in [-0.25, -0.2) is 14.4 Å². The second-order valence-corrected chi connectivity index (χ2v) is 3.63. The summed E-state index contributed by atoms with van der Waals surface area (Å²) in [5.41, 5.74) is 0. The van der Waals surface area contributed by atoms with Crippen molar-refractivity contribution in [1.29, 1.82) is 0 Å². The van der Waals surface area contributed by atoms with Crippen LogP contribution in [0, 0.1) is 0 Å². The molecule has 7 N–H and O–H groups in total. The summed E-state index contributed by atoms with van der Waals surface area (Å²) in [4.78, 5) is 62.6. The Morgan fingerprint density at radius 2 is 0.750 bits per heavy atom. The van der Waals surface area contributed by atoms with E-state index in [1.54, 1.807) is 0 Å². The molecule has 0 atom stereocenters. The second kappa shape index (κ2) is 24.4. The molecule has 0 aliphatic rings. The molecule has 0 saturated heterocycles. The van der Waals surface area contributed by atoms with E-state index >= 15 is 0 Å². The van der Waals surface area contributed by atoms with Gasteiger partial charge in [-0.15, -0.1) is 0 Å². The molecule has 28 heavy (non-hydrogen) atoms. The van der Waals surface area contributed by atoms with Crippen LogP contribution in [0.25, 0.3) is 0 Å². The van der Waals surface area contributed by atoms with Crippen LogP contribution in [-0.2, 0) is 35.8 Å². The van der Waals surface area contributed by atoms with Crippen LogP contribution in [0.5, 0.6) is 0 Å². The van der Waals surface area contributed by atoms with Crippen LogP contribution in [-0.4, -0.2) is 101 Å². The third-order valence-corrected chi connectivity index (χ3v) is 2.10. The molecule has 0 saturated carbocycles. The van der Waals surface area contributed by atoms with Crippen molar-refractivity contribution in [2.75, 3.05) is 0 Å². The van der Waals surface area contributed by atoms with Gasteiger partial charge in [0.25, 0.3) is 12.3 Å². The van der Waals surface area contributed by atoms with E-state index in [4.69, 9.17) is 46.1 Å². The van der Waals surface area contributed by atoms with Crippen LogP contribution < -0.4 is 10.2 Å². The van der Waals surface area contributed by atoms with Crippen LogP contribution in [0.1, 0.15) is 0 Å². The van der Waals surface area contributed by atoms with E-state index in [0.29, 0.717) is 0 Å². The van der Waals surface area contributed by atoms with Crippen molar-refractivity contribution in [3.63, 3.8) is 0 Å². The average Bonchev–Trinajstić information content (AvgIpc) is 2.61. The summed E-state index contributed by atoms with van der Waals surface area (Å²) in [6, 6.07) is 0. The quantitative estimate of drug-likeness (QED) is 0.118. The van der Waals surface area contributed by atoms with Gasteiger partial charge in [-0.05, 0) is 0 Å². The smallest absolute Gasteiger partial charge is 0.516 e. The SMILES string of the molecule is O.O=C(OO)[O][Al]([O]C(=O)OO)[O]C(=O)OO.O=C([O-])OO.O=C([O-])OO.[Mg+2]. The number of hydrogen-bond acceptors (Lipinski definition) is 20. The normalized spacial score (nSPS) is 7.18. The molecule has 0 aliphatic carbocycles. The average molecular weight is 454 g/mol. The first kappa shape index (κ1) is 36.3. The Labute approximate surface area is 171 Å². The first-order valence-corrected chi connectivity index (χ1v) is 6.10. The second-order valence-electron chi connectivity index (χ2n) is 2.35. The molecule has 0 aromatic rings. The molecule has 158 valence electrons. The molecule has 0 aromatic carbocycles. The largest absolute Gasteiger partial charge is 2.00 e. The minimum absolute atomic E-state index is 0. The summed E-state index contributed by atoms with van der Waals surface area (Å²) >= 11 is -3.86. The predicted octanol–water partition coefficient (Wildman–Crippen LogP) is -3.72. The molecular weight excluding hydrogens is 447 g/mol. The van der Waals surface area contributed by atoms with Crippen molar-refractivity contribution in [3.05, 3.63) is 0 Å². The zero-order valence-electron chi connectivity index (χ0n) is 12.6. The molecule has 0 amide bonds. The van der Waals surface area contributed by atoms with Crippen LogP contribution >= 0.6 is 0 Å². The van der Waals surface area contributed by atoms with Gasteiger partial charge in [0, 0.05) is 0 Å². The van der Waals surface area contributed by atoms with E-state index in [0.717, 1.165) is 0 Å². The van der Waals surface area contributed by atoms with E-state index in [9.17, 15) is 14.4 Å². The molecule has 0 bridgehead atoms. The molecule has 0 radical (unpaired) electrons. The van der Waals surface area contributed by atoms with Gasteiger partial charge >= 0.3 is 56.7 Å². The maximum absolute atomic E-state index is 10.3. The molecule has 23 heteroatoms. The third-order valence-electron chi connectivity index (χ3n) is 0.950. The number of carbonyl (C=O) groups excluding carboxylic acids is 5. The van der Waals surface area contributed by atoms with Crippen molar-refractivity contribution in [2.45, 2.75) is 0 Å². The molecule has 21 nitrogen and oxygen atoms in total. The van der Waals surface area contributed by atoms with Gasteiger partial charge < -0.3 is 46.4 Å². The monoisotopic (exact) mass is 454 g/mol. The molecule has 0 spiro atoms. The minimum atomic E-state index is -3.86. The van der Waals surface area contributed by atoms with Crippen LogP contribution in [0.3, 0.4) is 0 Å². The van der Waals surface area contributed by atoms with Gasteiger partial charge in [0.15, 0.2) is 0 Å². The van der Waals surface area contributed by atoms with Gasteiger partial charge in [0.05, 0.1) is 0 Å². The van der Waals surface area contributed by atoms with Crippen molar-refractivity contribution in [2.24, 2.45) is 0 Å². The molecule has 0 heterocycles. The Morgan fingerprint density at radius 3 is 0.857 bits per heavy atom. The minimum Gasteiger partial charge on any atom is -0.516 e. The fourth-order valence-corrected chi connectivity index (χ4v) is 1.12. The van der Waals surface area contributed by atoms with Gasteiger partial charge in [-0.3, -0.25) is 25.2 Å². The third kappa shape index (κ3) is 31.2. The zero-order valence-corrected chi connectivity index (χ0v) is 15.2. The summed E-state index contributed by atoms with van der Waals surface area (Å²) in [5, 5.41) is 54.8. The van der Waals surface area contributed by atoms with E-state index in [1.165, 1.54) is 0 Å². The number of carbonyl (C=O) groups is 5. The standard InChI is InChI=1S/5CH2O4.Al.Mg.H2O/c5*2-1(3)5-4;;;/h5*4H,(H,2,3);;;1H2/q;;;;;+3;+2;/p-5. The van der Waals surface area contributed by atoms with E-state index in [2.05, 4.69) is 35.8 Å². The van der Waals surface area contributed by atoms with Gasteiger partial charge in [-0.2, -0.15) is 15.8 Å². The molecule has 0 fully saturated rings. The first-order chi connectivity index (χ1) is 12.1. The Morgan fingerprint density at radius 1 is 0.571 bits per heavy atom. The maximum Gasteiger partial charge on any atom is 2.00 e. The summed E-state index contributed by atoms with van der Waals surface area (Å²) in [7, 11) is 0. The fraction of sp³-hybridized carbons (Fsp3) is 0. The first-order valence-electron chi connectivity index (χ1n) is 4.68. The Kier molecular flexibility index (Phi) is 31.7. The fourth-order valence-electron chi connectivity index (χ4n) is 0.372. The van der Waals surface area contributed by atoms with E-state index in [-0.39, 0.29) is 28.5 Å². The predicted molar refractivity (Wildman–Crippen MR) is 63.9 cm³/mol. The van der Waals surface area contributed by atoms with Crippen molar-refractivity contribution in [3.8, 4) is 0 Å². The topological polar surface area (TPSA) is 338 Å². The molecular formula is C5H7AlMgO21. The van der Waals surface area contributed by atoms with E-state index in [1.807, 2.05) is 0 Å². The van der Waals surface area contributed by atoms with Gasteiger partial charge in [-0.1, -0.05) is 0 Å². The van der Waals surface area contributed by atoms with Crippen molar-refractivity contribution < 1.29 is 102 Å². The number of hydrogen-bond donors (Lipinski definition) is 5. The number of rotatable bonds is 3. The van der Waals surface area contributed by atoms with Crippen LogP contribution in [0.4, 0.5) is 24.0 Å². The van der Waals surface area contributed by atoms with Crippen LogP contribution in [0.2, 0.25) is 0 Å². The summed E-state index contributed by atoms with van der Waals surface area (Å²) < 4.78 is 11.7. The van der Waals surface area contributed by atoms with Crippen molar-refractivity contribution >= 4 is 69.0 Å². The Balaban J connectivity index is -0.000000122. The summed E-state index contributed by atoms with van der Waals surface area (Å²) in [5.74, 6) is 0. The Hall–Kier alpha value is -2.59. The molecule has 0 aliphatic heterocycles. The zero-order chi connectivity index (χ0) is 21.1. The van der Waals surface area contributed by atoms with Crippen LogP contribution in [0.15, 0.2) is 0 Å². The van der Waals surface area contributed by atoms with E-state index < -0.39 is 45.9 Å². The Bertz CT molecular complexity index is 393. The van der Waals surface area contributed by atoms with Gasteiger partial charge in [0.1, 0.15) is 0 Å². The number of carboxylic acid groups (broad SMARTS) is 2. The molecule has 0 aromatic heterocycles. The summed E-state index contributed by atoms with van der Waals surface area (Å²) in [6.45, 7) is 0. The maximum atomic E-state index is 10.3. The molecule has 0 rings (SSSR count). The molecule has 0 unspecified atom stereocenters. The summed E-state index contributed by atoms with van der Waals surface area (Å²) in [6.07, 6.45) is -9.19. The van der Waals surface area contributed by atoms with Gasteiger partial charge in [0.2, 0.25) is 0 Å².